The highest BCUT2D eigenvalue weighted by molar-refractivity contribution is 7.11. The van der Waals surface area contributed by atoms with Gasteiger partial charge in [-0.15, -0.1) is 21.5 Å². The van der Waals surface area contributed by atoms with E-state index in [4.69, 9.17) is 9.90 Å². The zero-order valence-corrected chi connectivity index (χ0v) is 21.9. The number of hydrogen-bond donors (Lipinski definition) is 2. The maximum absolute atomic E-state index is 13.0. The summed E-state index contributed by atoms with van der Waals surface area (Å²) in [6, 6.07) is 4.75. The average Bonchev–Trinajstić information content (AvgIpc) is 3.54. The van der Waals surface area contributed by atoms with Crippen LogP contribution < -0.4 is 5.32 Å². The molecule has 1 saturated carbocycles. The summed E-state index contributed by atoms with van der Waals surface area (Å²) in [5, 5.41) is 19.0. The topological polar surface area (TPSA) is 104 Å². The Morgan fingerprint density at radius 1 is 1.19 bits per heavy atom. The molecule has 1 unspecified atom stereocenters. The number of aromatic nitrogens is 3. The number of nitrogens with one attached hydrogen (secondary N) is 1. The number of alkyl halides is 3. The maximum Gasteiger partial charge on any atom is 0.490 e. The minimum Gasteiger partial charge on any atom is -0.475 e. The first-order valence-electron chi connectivity index (χ1n) is 12.5. The number of hydrogen-bond acceptors (Lipinski definition) is 7. The second-order valence-corrected chi connectivity index (χ2v) is 11.6. The van der Waals surface area contributed by atoms with Crippen LogP contribution in [0.5, 0.6) is 0 Å². The van der Waals surface area contributed by atoms with Crippen molar-refractivity contribution in [1.82, 2.24) is 29.9 Å². The number of carbonyl (C=O) groups excluding carboxylic acids is 1. The number of likely N-dealkylation sites (N-methyl/N-ethyl adjacent to an activating group) is 1. The van der Waals surface area contributed by atoms with Gasteiger partial charge in [0.1, 0.15) is 5.82 Å². The van der Waals surface area contributed by atoms with Gasteiger partial charge in [0.25, 0.3) is 5.91 Å². The lowest BCUT2D eigenvalue weighted by Crippen LogP contribution is -2.55. The Morgan fingerprint density at radius 3 is 2.51 bits per heavy atom. The number of amides is 1. The van der Waals surface area contributed by atoms with Gasteiger partial charge in [-0.2, -0.15) is 13.2 Å². The third-order valence-corrected chi connectivity index (χ3v) is 8.43. The number of thiophene rings is 1. The van der Waals surface area contributed by atoms with Crippen molar-refractivity contribution in [3.63, 3.8) is 0 Å². The first-order valence-corrected chi connectivity index (χ1v) is 13.3. The Balaban J connectivity index is 0.000000405. The summed E-state index contributed by atoms with van der Waals surface area (Å²) in [6.07, 6.45) is 1.87. The molecule has 204 valence electrons. The molecule has 2 N–H and O–H groups in total. The summed E-state index contributed by atoms with van der Waals surface area (Å²) in [7, 11) is 2.19. The predicted octanol–water partition coefficient (Wildman–Crippen LogP) is 3.43. The van der Waals surface area contributed by atoms with Crippen molar-refractivity contribution >= 4 is 23.2 Å². The van der Waals surface area contributed by atoms with E-state index >= 15 is 0 Å². The Morgan fingerprint density at radius 2 is 1.89 bits per heavy atom. The molecule has 2 aromatic heterocycles. The second kappa shape index (κ2) is 11.1. The molecule has 2 aliphatic heterocycles. The first-order chi connectivity index (χ1) is 17.5. The number of aliphatic carboxylic acids is 1. The molecule has 1 aliphatic carbocycles. The molecule has 2 fully saturated rings. The molecule has 0 aromatic carbocycles. The monoisotopic (exact) mass is 542 g/mol. The van der Waals surface area contributed by atoms with Crippen molar-refractivity contribution in [3.05, 3.63) is 33.5 Å². The number of carbonyl (C=O) groups is 2. The van der Waals surface area contributed by atoms with Crippen LogP contribution in [0.15, 0.2) is 12.1 Å². The molecule has 0 bridgehead atoms. The summed E-state index contributed by atoms with van der Waals surface area (Å²) >= 11 is 1.89. The van der Waals surface area contributed by atoms with Gasteiger partial charge in [-0.05, 0) is 45.4 Å². The molecule has 4 heterocycles. The first kappa shape index (κ1) is 27.5. The number of fused-ring (bicyclic) bond motifs is 1. The molecule has 5 rings (SSSR count). The fraction of sp³-hybridized carbons (Fsp3) is 0.667. The zero-order valence-electron chi connectivity index (χ0n) is 21.1. The predicted molar refractivity (Wildman–Crippen MR) is 131 cm³/mol. The highest BCUT2D eigenvalue weighted by atomic mass is 32.1. The van der Waals surface area contributed by atoms with Crippen molar-refractivity contribution in [3.8, 4) is 0 Å². The lowest BCUT2D eigenvalue weighted by Gasteiger charge is -2.42. The number of rotatable bonds is 4. The smallest absolute Gasteiger partial charge is 0.475 e. The lowest BCUT2D eigenvalue weighted by molar-refractivity contribution is -0.192. The van der Waals surface area contributed by atoms with E-state index in [1.807, 2.05) is 11.3 Å². The quantitative estimate of drug-likeness (QED) is 0.610. The molecule has 1 saturated heterocycles. The van der Waals surface area contributed by atoms with Gasteiger partial charge in [0.2, 0.25) is 5.82 Å². The molecule has 1 atom stereocenters. The highest BCUT2D eigenvalue weighted by Crippen LogP contribution is 2.35. The van der Waals surface area contributed by atoms with Crippen LogP contribution in [0.2, 0.25) is 0 Å². The molecule has 9 nitrogen and oxygen atoms in total. The van der Waals surface area contributed by atoms with E-state index in [1.54, 1.807) is 0 Å². The summed E-state index contributed by atoms with van der Waals surface area (Å²) in [5.74, 6) is -1.41. The number of likely N-dealkylation sites (tertiary alicyclic amines) is 1. The van der Waals surface area contributed by atoms with E-state index in [1.165, 1.54) is 29.0 Å². The number of carboxylic acid groups (broad SMARTS) is 1. The summed E-state index contributed by atoms with van der Waals surface area (Å²) in [6.45, 7) is 6.82. The Labute approximate surface area is 217 Å². The Bertz CT molecular complexity index is 1110. The van der Waals surface area contributed by atoms with Crippen molar-refractivity contribution in [2.24, 2.45) is 0 Å². The van der Waals surface area contributed by atoms with Crippen LogP contribution in [0, 0.1) is 6.92 Å². The van der Waals surface area contributed by atoms with Crippen molar-refractivity contribution in [2.75, 3.05) is 20.1 Å². The maximum atomic E-state index is 13.0. The summed E-state index contributed by atoms with van der Waals surface area (Å²) < 4.78 is 33.8. The van der Waals surface area contributed by atoms with Gasteiger partial charge >= 0.3 is 12.1 Å². The van der Waals surface area contributed by atoms with Crippen LogP contribution in [-0.2, 0) is 24.4 Å². The lowest BCUT2D eigenvalue weighted by atomic mass is 9.94. The van der Waals surface area contributed by atoms with Crippen LogP contribution >= 0.6 is 11.3 Å². The largest absolute Gasteiger partial charge is 0.490 e. The Kier molecular flexibility index (Phi) is 8.24. The van der Waals surface area contributed by atoms with Gasteiger partial charge in [-0.3, -0.25) is 14.6 Å². The molecular formula is C24H33F3N6O3S. The van der Waals surface area contributed by atoms with Crippen molar-refractivity contribution in [1.29, 1.82) is 0 Å². The number of carboxylic acids is 1. The van der Waals surface area contributed by atoms with Crippen LogP contribution in [0.1, 0.15) is 64.7 Å². The molecule has 3 aliphatic rings. The van der Waals surface area contributed by atoms with E-state index in [2.05, 4.69) is 56.0 Å². The van der Waals surface area contributed by atoms with Gasteiger partial charge in [-0.1, -0.05) is 19.3 Å². The zero-order chi connectivity index (χ0) is 26.8. The van der Waals surface area contributed by atoms with Gasteiger partial charge in [-0.25, -0.2) is 4.79 Å². The minimum atomic E-state index is -5.08. The van der Waals surface area contributed by atoms with Crippen molar-refractivity contribution < 1.29 is 27.9 Å². The molecule has 1 amide bonds. The fourth-order valence-corrected chi connectivity index (χ4v) is 6.32. The Hall–Kier alpha value is -2.51. The third kappa shape index (κ3) is 6.50. The van der Waals surface area contributed by atoms with E-state index in [0.717, 1.165) is 57.8 Å². The van der Waals surface area contributed by atoms with Gasteiger partial charge < -0.3 is 15.0 Å². The molecule has 0 radical (unpaired) electrons. The molecule has 1 spiro atoms. The minimum absolute atomic E-state index is 0.0432. The third-order valence-electron chi connectivity index (χ3n) is 7.44. The highest BCUT2D eigenvalue weighted by Gasteiger charge is 2.46. The SMILES string of the molecule is Cc1ccc(CN2CCC3(C2)Cn2c(nnc2C(=O)NC2CCCCC2)CN3C)s1.O=C(O)C(F)(F)F. The van der Waals surface area contributed by atoms with Crippen LogP contribution in [0.3, 0.4) is 0 Å². The molecule has 13 heteroatoms. The van der Waals surface area contributed by atoms with Gasteiger partial charge in [0, 0.05) is 42.0 Å². The number of nitrogens with zero attached hydrogens (tertiary/aromatic N) is 5. The van der Waals surface area contributed by atoms with E-state index in [9.17, 15) is 18.0 Å². The number of halogens is 3. The van der Waals surface area contributed by atoms with E-state index < -0.39 is 12.1 Å². The summed E-state index contributed by atoms with van der Waals surface area (Å²) in [4.78, 5) is 29.7. The van der Waals surface area contributed by atoms with Gasteiger partial charge in [0.05, 0.1) is 12.1 Å². The number of aryl methyl sites for hydroxylation is 1. The van der Waals surface area contributed by atoms with E-state index in [0.29, 0.717) is 5.82 Å². The second-order valence-electron chi connectivity index (χ2n) is 10.2. The van der Waals surface area contributed by atoms with Gasteiger partial charge in [0.15, 0.2) is 0 Å². The average molecular weight is 543 g/mol. The van der Waals surface area contributed by atoms with Crippen LogP contribution in [-0.4, -0.2) is 79.4 Å². The molecule has 2 aromatic rings. The fourth-order valence-electron chi connectivity index (χ4n) is 5.38. The van der Waals surface area contributed by atoms with Crippen LogP contribution in [0.4, 0.5) is 13.2 Å². The normalized spacial score (nSPS) is 22.9. The van der Waals surface area contributed by atoms with Crippen LogP contribution in [0.25, 0.3) is 0 Å². The molecule has 37 heavy (non-hydrogen) atoms. The van der Waals surface area contributed by atoms with E-state index in [-0.39, 0.29) is 17.5 Å². The van der Waals surface area contributed by atoms with Crippen molar-refractivity contribution in [2.45, 2.75) is 82.8 Å². The standard InChI is InChI=1S/C22H32N6OS.C2HF3O2/c1-16-8-9-18(30-16)12-27-11-10-22(14-27)15-28-19(13-26(22)2)24-25-20(28)21(29)23-17-6-4-3-5-7-17;3-2(4,5)1(6)7/h8-9,17H,3-7,10-15H2,1-2H3,(H,23,29);(H,6,7). The molecular weight excluding hydrogens is 509 g/mol. The summed E-state index contributed by atoms with van der Waals surface area (Å²) in [5.41, 5.74) is 0.0432.